The zero-order valence-corrected chi connectivity index (χ0v) is 11.8. The van der Waals surface area contributed by atoms with Gasteiger partial charge in [0.25, 0.3) is 0 Å². The van der Waals surface area contributed by atoms with E-state index in [0.29, 0.717) is 5.41 Å². The Labute approximate surface area is 102 Å². The minimum absolute atomic E-state index is 0.129. The lowest BCUT2D eigenvalue weighted by Gasteiger charge is -2.37. The fourth-order valence-electron chi connectivity index (χ4n) is 3.53. The van der Waals surface area contributed by atoms with Crippen LogP contribution in [0.1, 0.15) is 66.7 Å². The lowest BCUT2D eigenvalue weighted by molar-refractivity contribution is 0.109. The molecule has 1 fully saturated rings. The van der Waals surface area contributed by atoms with Crippen molar-refractivity contribution in [3.8, 4) is 0 Å². The van der Waals surface area contributed by atoms with Gasteiger partial charge in [-0.1, -0.05) is 34.1 Å². The highest BCUT2D eigenvalue weighted by atomic mass is 16.3. The first-order valence-corrected chi connectivity index (χ1v) is 7.07. The van der Waals surface area contributed by atoms with Crippen LogP contribution in [-0.4, -0.2) is 11.2 Å². The third-order valence-electron chi connectivity index (χ3n) is 5.19. The predicted octanol–water partition coefficient (Wildman–Crippen LogP) is 4.25. The Balaban J connectivity index is 2.59. The number of hydrogen-bond donors (Lipinski definition) is 1. The van der Waals surface area contributed by atoms with Crippen molar-refractivity contribution in [2.45, 2.75) is 72.8 Å². The minimum Gasteiger partial charge on any atom is -0.393 e. The van der Waals surface area contributed by atoms with Gasteiger partial charge in [-0.2, -0.15) is 0 Å². The van der Waals surface area contributed by atoms with E-state index < -0.39 is 0 Å². The molecule has 0 amide bonds. The molecule has 16 heavy (non-hydrogen) atoms. The number of hydrogen-bond acceptors (Lipinski definition) is 1. The molecule has 1 heteroatoms. The molecule has 96 valence electrons. The van der Waals surface area contributed by atoms with Crippen LogP contribution in [0, 0.1) is 23.2 Å². The summed E-state index contributed by atoms with van der Waals surface area (Å²) in [5.74, 6) is 2.54. The SMILES string of the molecule is CCC(CCC(C)O)C1CCC(C)C1(C)C. The highest BCUT2D eigenvalue weighted by Gasteiger charge is 2.43. The Morgan fingerprint density at radius 1 is 1.25 bits per heavy atom. The molecule has 1 rings (SSSR count). The first-order valence-electron chi connectivity index (χ1n) is 7.07. The van der Waals surface area contributed by atoms with Gasteiger partial charge in [-0.05, 0) is 55.8 Å². The van der Waals surface area contributed by atoms with Crippen LogP contribution < -0.4 is 0 Å². The van der Waals surface area contributed by atoms with E-state index in [1.54, 1.807) is 0 Å². The van der Waals surface area contributed by atoms with E-state index in [0.717, 1.165) is 24.2 Å². The van der Waals surface area contributed by atoms with Crippen molar-refractivity contribution in [2.24, 2.45) is 23.2 Å². The molecule has 4 atom stereocenters. The van der Waals surface area contributed by atoms with E-state index in [-0.39, 0.29) is 6.10 Å². The summed E-state index contributed by atoms with van der Waals surface area (Å²) in [7, 11) is 0. The first kappa shape index (κ1) is 14.0. The first-order chi connectivity index (χ1) is 7.39. The lowest BCUT2D eigenvalue weighted by Crippen LogP contribution is -2.29. The fourth-order valence-corrected chi connectivity index (χ4v) is 3.53. The van der Waals surface area contributed by atoms with Crippen molar-refractivity contribution >= 4 is 0 Å². The van der Waals surface area contributed by atoms with E-state index in [1.807, 2.05) is 6.92 Å². The van der Waals surface area contributed by atoms with E-state index in [1.165, 1.54) is 25.7 Å². The summed E-state index contributed by atoms with van der Waals surface area (Å²) in [6, 6.07) is 0. The van der Waals surface area contributed by atoms with Gasteiger partial charge in [-0.3, -0.25) is 0 Å². The lowest BCUT2D eigenvalue weighted by atomic mass is 9.69. The molecule has 0 saturated heterocycles. The van der Waals surface area contributed by atoms with Crippen LogP contribution in [0.15, 0.2) is 0 Å². The summed E-state index contributed by atoms with van der Waals surface area (Å²) in [6.45, 7) is 11.5. The van der Waals surface area contributed by atoms with E-state index in [9.17, 15) is 5.11 Å². The van der Waals surface area contributed by atoms with Crippen LogP contribution in [0.4, 0.5) is 0 Å². The number of aliphatic hydroxyl groups excluding tert-OH is 1. The quantitative estimate of drug-likeness (QED) is 0.743. The van der Waals surface area contributed by atoms with Crippen LogP contribution in [0.25, 0.3) is 0 Å². The van der Waals surface area contributed by atoms with Crippen LogP contribution >= 0.6 is 0 Å². The Hall–Kier alpha value is -0.0400. The van der Waals surface area contributed by atoms with Crippen molar-refractivity contribution in [3.05, 3.63) is 0 Å². The third kappa shape index (κ3) is 3.00. The topological polar surface area (TPSA) is 20.2 Å². The standard InChI is InChI=1S/C15H30O/c1-6-13(9-8-12(3)16)14-10-7-11(2)15(14,4)5/h11-14,16H,6-10H2,1-5H3. The maximum Gasteiger partial charge on any atom is 0.0512 e. The molecule has 1 N–H and O–H groups in total. The summed E-state index contributed by atoms with van der Waals surface area (Å²) < 4.78 is 0. The molecule has 0 radical (unpaired) electrons. The monoisotopic (exact) mass is 226 g/mol. The van der Waals surface area contributed by atoms with Gasteiger partial charge < -0.3 is 5.11 Å². The summed E-state index contributed by atoms with van der Waals surface area (Å²) >= 11 is 0. The summed E-state index contributed by atoms with van der Waals surface area (Å²) in [6.07, 6.45) is 6.10. The van der Waals surface area contributed by atoms with E-state index >= 15 is 0 Å². The van der Waals surface area contributed by atoms with E-state index in [2.05, 4.69) is 27.7 Å². The van der Waals surface area contributed by atoms with Crippen molar-refractivity contribution in [2.75, 3.05) is 0 Å². The predicted molar refractivity (Wildman–Crippen MR) is 70.4 cm³/mol. The zero-order valence-electron chi connectivity index (χ0n) is 11.8. The molecule has 0 heterocycles. The molecule has 1 aliphatic carbocycles. The van der Waals surface area contributed by atoms with Gasteiger partial charge in [0.15, 0.2) is 0 Å². The summed E-state index contributed by atoms with van der Waals surface area (Å²) in [4.78, 5) is 0. The van der Waals surface area contributed by atoms with Gasteiger partial charge in [-0.25, -0.2) is 0 Å². The van der Waals surface area contributed by atoms with Crippen LogP contribution in [-0.2, 0) is 0 Å². The molecule has 1 aliphatic rings. The Bertz CT molecular complexity index is 207. The van der Waals surface area contributed by atoms with Gasteiger partial charge in [0.1, 0.15) is 0 Å². The molecule has 1 saturated carbocycles. The highest BCUT2D eigenvalue weighted by Crippen LogP contribution is 2.51. The largest absolute Gasteiger partial charge is 0.393 e. The average molecular weight is 226 g/mol. The molecular formula is C15H30O. The van der Waals surface area contributed by atoms with Gasteiger partial charge in [0, 0.05) is 0 Å². The second kappa shape index (κ2) is 5.53. The molecule has 4 unspecified atom stereocenters. The molecule has 0 spiro atoms. The Morgan fingerprint density at radius 3 is 2.25 bits per heavy atom. The molecule has 0 bridgehead atoms. The summed E-state index contributed by atoms with van der Waals surface area (Å²) in [5, 5.41) is 9.42. The van der Waals surface area contributed by atoms with Crippen LogP contribution in [0.5, 0.6) is 0 Å². The normalized spacial score (nSPS) is 32.6. The smallest absolute Gasteiger partial charge is 0.0512 e. The number of aliphatic hydroxyl groups is 1. The zero-order chi connectivity index (χ0) is 12.3. The molecule has 0 aromatic rings. The Morgan fingerprint density at radius 2 is 1.88 bits per heavy atom. The third-order valence-corrected chi connectivity index (χ3v) is 5.19. The second-order valence-corrected chi connectivity index (χ2v) is 6.50. The molecule has 0 aliphatic heterocycles. The van der Waals surface area contributed by atoms with Crippen molar-refractivity contribution in [1.82, 2.24) is 0 Å². The van der Waals surface area contributed by atoms with Gasteiger partial charge >= 0.3 is 0 Å². The van der Waals surface area contributed by atoms with Gasteiger partial charge in [0.05, 0.1) is 6.10 Å². The van der Waals surface area contributed by atoms with E-state index in [4.69, 9.17) is 0 Å². The molecule has 0 aromatic heterocycles. The van der Waals surface area contributed by atoms with Crippen LogP contribution in [0.3, 0.4) is 0 Å². The molecule has 1 nitrogen and oxygen atoms in total. The summed E-state index contributed by atoms with van der Waals surface area (Å²) in [5.41, 5.74) is 0.499. The maximum absolute atomic E-state index is 9.42. The average Bonchev–Trinajstić information content (AvgIpc) is 2.45. The van der Waals surface area contributed by atoms with Gasteiger partial charge in [-0.15, -0.1) is 0 Å². The van der Waals surface area contributed by atoms with Crippen molar-refractivity contribution < 1.29 is 5.11 Å². The van der Waals surface area contributed by atoms with Gasteiger partial charge in [0.2, 0.25) is 0 Å². The minimum atomic E-state index is -0.129. The Kier molecular flexibility index (Phi) is 4.85. The molecule has 0 aromatic carbocycles. The van der Waals surface area contributed by atoms with Crippen LogP contribution in [0.2, 0.25) is 0 Å². The maximum atomic E-state index is 9.42. The number of rotatable bonds is 5. The van der Waals surface area contributed by atoms with Crippen molar-refractivity contribution in [1.29, 1.82) is 0 Å². The highest BCUT2D eigenvalue weighted by molar-refractivity contribution is 4.92. The second-order valence-electron chi connectivity index (χ2n) is 6.50. The fraction of sp³-hybridized carbons (Fsp3) is 1.00. The van der Waals surface area contributed by atoms with Crippen molar-refractivity contribution in [3.63, 3.8) is 0 Å². The molecular weight excluding hydrogens is 196 g/mol.